The van der Waals surface area contributed by atoms with E-state index in [0.29, 0.717) is 0 Å². The molecule has 6 nitrogen and oxygen atoms in total. The van der Waals surface area contributed by atoms with Gasteiger partial charge in [-0.15, -0.1) is 0 Å². The molecule has 0 aromatic heterocycles. The molecule has 0 aromatic rings. The SMILES string of the molecule is CC(=O)O[C@@H]1O[C@@H](CO)[C@H](O)[C@@H]1O. The molecule has 1 fully saturated rings. The number of aliphatic hydroxyl groups is 3. The summed E-state index contributed by atoms with van der Waals surface area (Å²) in [4.78, 5) is 10.5. The number of hydrogen-bond acceptors (Lipinski definition) is 6. The van der Waals surface area contributed by atoms with Gasteiger partial charge >= 0.3 is 5.97 Å². The van der Waals surface area contributed by atoms with Gasteiger partial charge in [-0.2, -0.15) is 0 Å². The predicted molar refractivity (Wildman–Crippen MR) is 39.5 cm³/mol. The second-order valence-corrected chi connectivity index (χ2v) is 2.82. The average molecular weight is 192 g/mol. The highest BCUT2D eigenvalue weighted by molar-refractivity contribution is 5.66. The zero-order valence-corrected chi connectivity index (χ0v) is 7.08. The molecule has 1 saturated heterocycles. The van der Waals surface area contributed by atoms with Gasteiger partial charge in [0.25, 0.3) is 0 Å². The molecule has 0 radical (unpaired) electrons. The van der Waals surface area contributed by atoms with E-state index in [0.717, 1.165) is 6.92 Å². The summed E-state index contributed by atoms with van der Waals surface area (Å²) in [5.74, 6) is -0.616. The molecule has 0 bridgehead atoms. The van der Waals surface area contributed by atoms with Crippen LogP contribution in [0.15, 0.2) is 0 Å². The van der Waals surface area contributed by atoms with Crippen molar-refractivity contribution in [3.8, 4) is 0 Å². The van der Waals surface area contributed by atoms with Gasteiger partial charge in [0.15, 0.2) is 0 Å². The first kappa shape index (κ1) is 10.4. The van der Waals surface area contributed by atoms with Gasteiger partial charge in [0, 0.05) is 6.92 Å². The highest BCUT2D eigenvalue weighted by Crippen LogP contribution is 2.21. The molecule has 1 heterocycles. The molecule has 0 saturated carbocycles. The Morgan fingerprint density at radius 1 is 1.46 bits per heavy atom. The highest BCUT2D eigenvalue weighted by Gasteiger charge is 2.44. The van der Waals surface area contributed by atoms with Crippen molar-refractivity contribution in [3.63, 3.8) is 0 Å². The van der Waals surface area contributed by atoms with Crippen LogP contribution in [0.3, 0.4) is 0 Å². The van der Waals surface area contributed by atoms with Gasteiger partial charge in [-0.1, -0.05) is 0 Å². The van der Waals surface area contributed by atoms with Crippen LogP contribution >= 0.6 is 0 Å². The number of esters is 1. The van der Waals surface area contributed by atoms with Crippen molar-refractivity contribution in [3.05, 3.63) is 0 Å². The number of hydrogen-bond donors (Lipinski definition) is 3. The smallest absolute Gasteiger partial charge is 0.305 e. The average Bonchev–Trinajstić information content (AvgIpc) is 2.32. The van der Waals surface area contributed by atoms with Crippen LogP contribution in [-0.4, -0.2) is 52.5 Å². The van der Waals surface area contributed by atoms with Crippen LogP contribution in [-0.2, 0) is 14.3 Å². The summed E-state index contributed by atoms with van der Waals surface area (Å²) < 4.78 is 9.40. The second kappa shape index (κ2) is 4.01. The minimum atomic E-state index is -1.30. The number of aliphatic hydroxyl groups excluding tert-OH is 3. The maximum Gasteiger partial charge on any atom is 0.305 e. The van der Waals surface area contributed by atoms with Gasteiger partial charge in [-0.05, 0) is 0 Å². The van der Waals surface area contributed by atoms with Crippen molar-refractivity contribution in [1.29, 1.82) is 0 Å². The lowest BCUT2D eigenvalue weighted by molar-refractivity contribution is -0.187. The van der Waals surface area contributed by atoms with E-state index in [4.69, 9.17) is 9.84 Å². The van der Waals surface area contributed by atoms with Crippen molar-refractivity contribution >= 4 is 5.97 Å². The van der Waals surface area contributed by atoms with Crippen LogP contribution in [0.25, 0.3) is 0 Å². The molecule has 1 rings (SSSR count). The molecule has 1 aliphatic heterocycles. The number of carbonyl (C=O) groups excluding carboxylic acids is 1. The molecule has 13 heavy (non-hydrogen) atoms. The number of carbonyl (C=O) groups is 1. The first-order valence-corrected chi connectivity index (χ1v) is 3.86. The maximum absolute atomic E-state index is 10.5. The Kier molecular flexibility index (Phi) is 3.21. The Labute approximate surface area is 74.7 Å². The van der Waals surface area contributed by atoms with E-state index in [1.165, 1.54) is 0 Å². The molecule has 0 aliphatic carbocycles. The summed E-state index contributed by atoms with van der Waals surface area (Å²) in [5.41, 5.74) is 0. The molecule has 0 spiro atoms. The molecule has 4 atom stereocenters. The largest absolute Gasteiger partial charge is 0.433 e. The lowest BCUT2D eigenvalue weighted by atomic mass is 10.1. The van der Waals surface area contributed by atoms with Crippen molar-refractivity contribution in [2.75, 3.05) is 6.61 Å². The topological polar surface area (TPSA) is 96.2 Å². The quantitative estimate of drug-likeness (QED) is 0.437. The summed E-state index contributed by atoms with van der Waals surface area (Å²) >= 11 is 0. The highest BCUT2D eigenvalue weighted by atomic mass is 16.7. The van der Waals surface area contributed by atoms with Gasteiger partial charge in [0.2, 0.25) is 6.29 Å². The second-order valence-electron chi connectivity index (χ2n) is 2.82. The molecular weight excluding hydrogens is 180 g/mol. The van der Waals surface area contributed by atoms with Crippen LogP contribution in [0.4, 0.5) is 0 Å². The minimum Gasteiger partial charge on any atom is -0.433 e. The third-order valence-corrected chi connectivity index (χ3v) is 1.78. The Morgan fingerprint density at radius 2 is 2.08 bits per heavy atom. The van der Waals surface area contributed by atoms with Gasteiger partial charge < -0.3 is 24.8 Å². The van der Waals surface area contributed by atoms with E-state index in [1.54, 1.807) is 0 Å². The van der Waals surface area contributed by atoms with Crippen LogP contribution in [0.1, 0.15) is 6.92 Å². The van der Waals surface area contributed by atoms with E-state index in [2.05, 4.69) is 4.74 Å². The molecule has 3 N–H and O–H groups in total. The predicted octanol–water partition coefficient (Wildman–Crippen LogP) is -2.01. The Balaban J connectivity index is 2.55. The summed E-state index contributed by atoms with van der Waals surface area (Å²) in [6.07, 6.45) is -4.63. The molecule has 0 amide bonds. The summed E-state index contributed by atoms with van der Waals surface area (Å²) in [5, 5.41) is 27.1. The van der Waals surface area contributed by atoms with Gasteiger partial charge in [-0.3, -0.25) is 4.79 Å². The molecular formula is C7H12O6. The van der Waals surface area contributed by atoms with Gasteiger partial charge in [-0.25, -0.2) is 0 Å². The van der Waals surface area contributed by atoms with Crippen molar-refractivity contribution in [2.45, 2.75) is 31.5 Å². The fourth-order valence-electron chi connectivity index (χ4n) is 1.13. The van der Waals surface area contributed by atoms with E-state index < -0.39 is 37.2 Å². The van der Waals surface area contributed by atoms with Gasteiger partial charge in [0.1, 0.15) is 18.3 Å². The first-order valence-electron chi connectivity index (χ1n) is 3.86. The molecule has 76 valence electrons. The van der Waals surface area contributed by atoms with E-state index in [1.807, 2.05) is 0 Å². The van der Waals surface area contributed by atoms with Crippen LogP contribution in [0.2, 0.25) is 0 Å². The maximum atomic E-state index is 10.5. The zero-order valence-electron chi connectivity index (χ0n) is 7.08. The standard InChI is InChI=1S/C7H12O6/c1-3(9)12-7-6(11)5(10)4(2-8)13-7/h4-8,10-11H,2H2,1H3/t4-,5-,6-,7+/m0/s1. The van der Waals surface area contributed by atoms with Gasteiger partial charge in [0.05, 0.1) is 6.61 Å². The summed E-state index contributed by atoms with van der Waals surface area (Å²) in [6, 6.07) is 0. The van der Waals surface area contributed by atoms with Crippen molar-refractivity contribution in [2.24, 2.45) is 0 Å². The zero-order chi connectivity index (χ0) is 10.0. The molecule has 6 heteroatoms. The number of rotatable bonds is 2. The Hall–Kier alpha value is -0.690. The lowest BCUT2D eigenvalue weighted by Crippen LogP contribution is -2.35. The normalized spacial score (nSPS) is 39.1. The van der Waals surface area contributed by atoms with Crippen LogP contribution in [0.5, 0.6) is 0 Å². The van der Waals surface area contributed by atoms with Crippen LogP contribution < -0.4 is 0 Å². The lowest BCUT2D eigenvalue weighted by Gasteiger charge is -2.13. The van der Waals surface area contributed by atoms with Crippen LogP contribution in [0, 0.1) is 0 Å². The summed E-state index contributed by atoms with van der Waals surface area (Å²) in [7, 11) is 0. The monoisotopic (exact) mass is 192 g/mol. The summed E-state index contributed by atoms with van der Waals surface area (Å²) in [6.45, 7) is 0.727. The molecule has 1 aliphatic rings. The third-order valence-electron chi connectivity index (χ3n) is 1.78. The third kappa shape index (κ3) is 2.16. The van der Waals surface area contributed by atoms with E-state index >= 15 is 0 Å². The Morgan fingerprint density at radius 3 is 2.46 bits per heavy atom. The molecule has 0 aromatic carbocycles. The first-order chi connectivity index (χ1) is 6.06. The molecule has 0 unspecified atom stereocenters. The number of ether oxygens (including phenoxy) is 2. The van der Waals surface area contributed by atoms with Crippen molar-refractivity contribution in [1.82, 2.24) is 0 Å². The van der Waals surface area contributed by atoms with E-state index in [-0.39, 0.29) is 0 Å². The van der Waals surface area contributed by atoms with Crippen molar-refractivity contribution < 1.29 is 29.6 Å². The fraction of sp³-hybridized carbons (Fsp3) is 0.857. The fourth-order valence-corrected chi connectivity index (χ4v) is 1.13. The minimum absolute atomic E-state index is 0.435. The van der Waals surface area contributed by atoms with E-state index in [9.17, 15) is 15.0 Å². The Bertz CT molecular complexity index is 193.